The van der Waals surface area contributed by atoms with Crippen LogP contribution in [0.3, 0.4) is 0 Å². The predicted molar refractivity (Wildman–Crippen MR) is 85.0 cm³/mol. The van der Waals surface area contributed by atoms with Crippen LogP contribution >= 0.6 is 23.1 Å². The molecule has 0 atom stereocenters. The molecule has 0 bridgehead atoms. The Balaban J connectivity index is 2.31. The number of carbonyl (C=O) groups is 3. The molecule has 0 aliphatic heterocycles. The minimum Gasteiger partial charge on any atom is -0.466 e. The van der Waals surface area contributed by atoms with Gasteiger partial charge in [-0.2, -0.15) is 0 Å². The highest BCUT2D eigenvalue weighted by atomic mass is 32.2. The molecule has 1 rings (SSSR count). The van der Waals surface area contributed by atoms with Crippen molar-refractivity contribution in [3.8, 4) is 0 Å². The van der Waals surface area contributed by atoms with E-state index < -0.39 is 0 Å². The van der Waals surface area contributed by atoms with Crippen molar-refractivity contribution >= 4 is 46.1 Å². The second kappa shape index (κ2) is 10.2. The van der Waals surface area contributed by atoms with E-state index in [-0.39, 0.29) is 35.8 Å². The number of amides is 1. The Morgan fingerprint density at radius 1 is 1.18 bits per heavy atom. The fourth-order valence-corrected chi connectivity index (χ4v) is 2.73. The number of nitrogens with zero attached hydrogens (tertiary/aromatic N) is 1. The van der Waals surface area contributed by atoms with Gasteiger partial charge in [0.2, 0.25) is 5.91 Å². The smallest absolute Gasteiger partial charge is 0.315 e. The Morgan fingerprint density at radius 3 is 2.55 bits per heavy atom. The van der Waals surface area contributed by atoms with Crippen LogP contribution in [0, 0.1) is 0 Å². The van der Waals surface area contributed by atoms with Gasteiger partial charge in [-0.05, 0) is 13.8 Å². The molecule has 1 N–H and O–H groups in total. The van der Waals surface area contributed by atoms with E-state index in [1.165, 1.54) is 23.1 Å². The quantitative estimate of drug-likeness (QED) is 0.677. The number of rotatable bonds is 9. The molecule has 1 heterocycles. The maximum atomic E-state index is 11.7. The van der Waals surface area contributed by atoms with Crippen molar-refractivity contribution < 1.29 is 23.9 Å². The summed E-state index contributed by atoms with van der Waals surface area (Å²) < 4.78 is 9.58. The zero-order valence-corrected chi connectivity index (χ0v) is 14.1. The maximum absolute atomic E-state index is 11.7. The van der Waals surface area contributed by atoms with Gasteiger partial charge >= 0.3 is 11.9 Å². The largest absolute Gasteiger partial charge is 0.466 e. The lowest BCUT2D eigenvalue weighted by Crippen LogP contribution is -2.16. The van der Waals surface area contributed by atoms with Gasteiger partial charge in [-0.15, -0.1) is 23.1 Å². The molecule has 0 spiro atoms. The molecule has 122 valence electrons. The van der Waals surface area contributed by atoms with Crippen LogP contribution < -0.4 is 5.32 Å². The number of thiazole rings is 1. The standard InChI is InChI=1S/C13H18N2O5S2/c1-3-19-11(17)5-9-6-22-13(14-9)15-10(16)7-21-8-12(18)20-4-2/h6H,3-5,7-8H2,1-2H3,(H,14,15,16). The average molecular weight is 346 g/mol. The highest BCUT2D eigenvalue weighted by Gasteiger charge is 2.11. The summed E-state index contributed by atoms with van der Waals surface area (Å²) in [5.41, 5.74) is 0.554. The third-order valence-electron chi connectivity index (χ3n) is 2.19. The van der Waals surface area contributed by atoms with E-state index in [0.717, 1.165) is 0 Å². The zero-order chi connectivity index (χ0) is 16.4. The zero-order valence-electron chi connectivity index (χ0n) is 12.4. The molecule has 9 heteroatoms. The van der Waals surface area contributed by atoms with E-state index in [1.54, 1.807) is 19.2 Å². The Bertz CT molecular complexity index is 518. The number of anilines is 1. The lowest BCUT2D eigenvalue weighted by molar-refractivity contribution is -0.142. The van der Waals surface area contributed by atoms with Crippen LogP contribution in [0.5, 0.6) is 0 Å². The SMILES string of the molecule is CCOC(=O)CSCC(=O)Nc1nc(CC(=O)OCC)cs1. The molecule has 0 unspecified atom stereocenters. The van der Waals surface area contributed by atoms with E-state index in [9.17, 15) is 14.4 Å². The molecule has 7 nitrogen and oxygen atoms in total. The van der Waals surface area contributed by atoms with E-state index >= 15 is 0 Å². The van der Waals surface area contributed by atoms with E-state index in [4.69, 9.17) is 9.47 Å². The van der Waals surface area contributed by atoms with Crippen LogP contribution in [0.25, 0.3) is 0 Å². The van der Waals surface area contributed by atoms with Gasteiger partial charge in [0.15, 0.2) is 5.13 Å². The summed E-state index contributed by atoms with van der Waals surface area (Å²) in [5.74, 6) is -0.688. The first-order valence-corrected chi connectivity index (χ1v) is 8.71. The monoisotopic (exact) mass is 346 g/mol. The molecule has 0 saturated heterocycles. The van der Waals surface area contributed by atoms with Gasteiger partial charge in [0.05, 0.1) is 36.8 Å². The molecule has 0 aliphatic rings. The van der Waals surface area contributed by atoms with Gasteiger partial charge < -0.3 is 14.8 Å². The van der Waals surface area contributed by atoms with Crippen molar-refractivity contribution in [1.82, 2.24) is 4.98 Å². The van der Waals surface area contributed by atoms with Gasteiger partial charge in [0.1, 0.15) is 0 Å². The topological polar surface area (TPSA) is 94.6 Å². The summed E-state index contributed by atoms with van der Waals surface area (Å²) in [6, 6.07) is 0. The molecular formula is C13H18N2O5S2. The van der Waals surface area contributed by atoms with Crippen molar-refractivity contribution in [3.63, 3.8) is 0 Å². The van der Waals surface area contributed by atoms with Gasteiger partial charge in [0.25, 0.3) is 0 Å². The Hall–Kier alpha value is -1.61. The number of carbonyl (C=O) groups excluding carboxylic acids is 3. The fourth-order valence-electron chi connectivity index (χ4n) is 1.39. The Morgan fingerprint density at radius 2 is 1.86 bits per heavy atom. The fraction of sp³-hybridized carbons (Fsp3) is 0.538. The van der Waals surface area contributed by atoms with Gasteiger partial charge in [0, 0.05) is 5.38 Å². The van der Waals surface area contributed by atoms with E-state index in [0.29, 0.717) is 24.0 Å². The highest BCUT2D eigenvalue weighted by molar-refractivity contribution is 8.00. The molecule has 22 heavy (non-hydrogen) atoms. The van der Waals surface area contributed by atoms with Crippen LogP contribution in [0.2, 0.25) is 0 Å². The number of esters is 2. The number of hydrogen-bond acceptors (Lipinski definition) is 8. The molecule has 1 aromatic rings. The van der Waals surface area contributed by atoms with Crippen molar-refractivity contribution in [2.75, 3.05) is 30.0 Å². The number of aromatic nitrogens is 1. The van der Waals surface area contributed by atoms with E-state index in [2.05, 4.69) is 10.3 Å². The third kappa shape index (κ3) is 7.41. The van der Waals surface area contributed by atoms with Crippen LogP contribution in [0.4, 0.5) is 5.13 Å². The lowest BCUT2D eigenvalue weighted by atomic mass is 10.3. The summed E-state index contributed by atoms with van der Waals surface area (Å²) in [4.78, 5) is 38.2. The molecule has 1 amide bonds. The normalized spacial score (nSPS) is 10.1. The molecule has 0 aromatic carbocycles. The molecule has 0 aliphatic carbocycles. The van der Waals surface area contributed by atoms with Gasteiger partial charge in [-0.3, -0.25) is 14.4 Å². The third-order valence-corrected chi connectivity index (χ3v) is 3.90. The second-order valence-electron chi connectivity index (χ2n) is 3.97. The lowest BCUT2D eigenvalue weighted by Gasteiger charge is -2.02. The molecular weight excluding hydrogens is 328 g/mol. The first kappa shape index (κ1) is 18.4. The summed E-state index contributed by atoms with van der Waals surface area (Å²) >= 11 is 2.40. The van der Waals surface area contributed by atoms with Gasteiger partial charge in [-0.25, -0.2) is 4.98 Å². The van der Waals surface area contributed by atoms with Gasteiger partial charge in [-0.1, -0.05) is 0 Å². The highest BCUT2D eigenvalue weighted by Crippen LogP contribution is 2.16. The van der Waals surface area contributed by atoms with Crippen LogP contribution in [-0.4, -0.2) is 47.5 Å². The first-order valence-electron chi connectivity index (χ1n) is 6.68. The Labute approximate surface area is 136 Å². The summed E-state index contributed by atoms with van der Waals surface area (Å²) in [6.45, 7) is 4.11. The van der Waals surface area contributed by atoms with Crippen molar-refractivity contribution in [2.24, 2.45) is 0 Å². The summed E-state index contributed by atoms with van der Waals surface area (Å²) in [7, 11) is 0. The molecule has 0 fully saturated rings. The van der Waals surface area contributed by atoms with E-state index in [1.807, 2.05) is 0 Å². The predicted octanol–water partition coefficient (Wildman–Crippen LogP) is 1.48. The number of ether oxygens (including phenoxy) is 2. The van der Waals surface area contributed by atoms with Crippen LogP contribution in [-0.2, 0) is 30.3 Å². The number of hydrogen-bond donors (Lipinski definition) is 1. The number of nitrogens with one attached hydrogen (secondary N) is 1. The van der Waals surface area contributed by atoms with Crippen molar-refractivity contribution in [2.45, 2.75) is 20.3 Å². The molecule has 1 aromatic heterocycles. The van der Waals surface area contributed by atoms with Crippen molar-refractivity contribution in [1.29, 1.82) is 0 Å². The van der Waals surface area contributed by atoms with Crippen LogP contribution in [0.15, 0.2) is 5.38 Å². The first-order chi connectivity index (χ1) is 10.5. The number of thioether (sulfide) groups is 1. The average Bonchev–Trinajstić information content (AvgIpc) is 2.86. The maximum Gasteiger partial charge on any atom is 0.315 e. The molecule has 0 radical (unpaired) electrons. The van der Waals surface area contributed by atoms with Crippen LogP contribution in [0.1, 0.15) is 19.5 Å². The summed E-state index contributed by atoms with van der Waals surface area (Å²) in [5, 5.41) is 4.73. The second-order valence-corrected chi connectivity index (χ2v) is 5.82. The minimum absolute atomic E-state index is 0.0812. The molecule has 0 saturated carbocycles. The van der Waals surface area contributed by atoms with Crippen molar-refractivity contribution in [3.05, 3.63) is 11.1 Å². The Kier molecular flexibility index (Phi) is 8.53. The minimum atomic E-state index is -0.351. The summed E-state index contributed by atoms with van der Waals surface area (Å²) in [6.07, 6.45) is 0.0812.